The first-order valence-electron chi connectivity index (χ1n) is 12.6. The first-order chi connectivity index (χ1) is 20.8. The van der Waals surface area contributed by atoms with Gasteiger partial charge in [0.15, 0.2) is 6.10 Å². The molecule has 2 atom stereocenters. The van der Waals surface area contributed by atoms with Gasteiger partial charge in [-0.15, -0.1) is 0 Å². The van der Waals surface area contributed by atoms with Gasteiger partial charge in [-0.05, 0) is 42.0 Å². The van der Waals surface area contributed by atoms with Crippen molar-refractivity contribution < 1.29 is 74.3 Å². The van der Waals surface area contributed by atoms with E-state index in [1.165, 1.54) is 48.5 Å². The predicted octanol–water partition coefficient (Wildman–Crippen LogP) is 3.77. The van der Waals surface area contributed by atoms with E-state index >= 15 is 0 Å². The highest BCUT2D eigenvalue weighted by Crippen LogP contribution is 2.43. The van der Waals surface area contributed by atoms with E-state index in [-0.39, 0.29) is 40.7 Å². The second-order valence-electron chi connectivity index (χ2n) is 8.84. The standard InChI is InChI=1S/C22H18O7.4C2H4O2/c23-14-5-1-12(2-6-14)21-20(29-22(27)13-3-7-15(24)8-4-13)11-17-18(26)9-16(25)10-19(17)28-21;4*1-2(3)4/h1-10,20-21,23-26H,11H2;4*1H3,(H,3,4)/t20-,21+;;;;/m0..../s1. The van der Waals surface area contributed by atoms with Crippen molar-refractivity contribution in [3.8, 4) is 28.7 Å². The summed E-state index contributed by atoms with van der Waals surface area (Å²) in [6, 6.07) is 14.5. The van der Waals surface area contributed by atoms with Crippen LogP contribution in [0.1, 0.15) is 55.3 Å². The number of fused-ring (bicyclic) bond motifs is 1. The van der Waals surface area contributed by atoms with Gasteiger partial charge in [0, 0.05) is 51.8 Å². The van der Waals surface area contributed by atoms with Crippen LogP contribution in [0.5, 0.6) is 28.7 Å². The number of carboxylic acid groups (broad SMARTS) is 4. The van der Waals surface area contributed by atoms with Crippen LogP contribution in [-0.2, 0) is 30.3 Å². The number of phenols is 4. The van der Waals surface area contributed by atoms with Crippen molar-refractivity contribution in [2.24, 2.45) is 0 Å². The van der Waals surface area contributed by atoms with Gasteiger partial charge in [-0.25, -0.2) is 4.79 Å². The minimum atomic E-state index is -0.833. The summed E-state index contributed by atoms with van der Waals surface area (Å²) < 4.78 is 11.6. The molecule has 0 radical (unpaired) electrons. The number of aromatic hydroxyl groups is 4. The molecule has 0 amide bonds. The molecule has 0 aromatic heterocycles. The molecule has 1 heterocycles. The van der Waals surface area contributed by atoms with E-state index in [4.69, 9.17) is 49.1 Å². The van der Waals surface area contributed by atoms with Gasteiger partial charge in [0.05, 0.1) is 5.56 Å². The summed E-state index contributed by atoms with van der Waals surface area (Å²) in [5.41, 5.74) is 1.33. The predicted molar refractivity (Wildman–Crippen MR) is 156 cm³/mol. The Balaban J connectivity index is 0.00000101. The third-order valence-corrected chi connectivity index (χ3v) is 4.75. The van der Waals surface area contributed by atoms with E-state index in [0.717, 1.165) is 27.7 Å². The number of phenolic OH excluding ortho intramolecular Hbond substituents is 4. The molecule has 1 aliphatic rings. The lowest BCUT2D eigenvalue weighted by atomic mass is 9.93. The topological polar surface area (TPSA) is 266 Å². The maximum atomic E-state index is 12.6. The monoisotopic (exact) mass is 634 g/mol. The van der Waals surface area contributed by atoms with Crippen molar-refractivity contribution in [3.63, 3.8) is 0 Å². The maximum Gasteiger partial charge on any atom is 0.338 e. The summed E-state index contributed by atoms with van der Waals surface area (Å²) in [5.74, 6) is -3.84. The van der Waals surface area contributed by atoms with Crippen molar-refractivity contribution >= 4 is 29.8 Å². The van der Waals surface area contributed by atoms with Crippen LogP contribution in [0.15, 0.2) is 60.7 Å². The zero-order valence-electron chi connectivity index (χ0n) is 24.6. The molecule has 3 aromatic carbocycles. The van der Waals surface area contributed by atoms with E-state index in [1.807, 2.05) is 0 Å². The first kappa shape index (κ1) is 39.0. The summed E-state index contributed by atoms with van der Waals surface area (Å²) in [7, 11) is 0. The molecule has 0 fully saturated rings. The average molecular weight is 635 g/mol. The Bertz CT molecular complexity index is 1370. The highest BCUT2D eigenvalue weighted by molar-refractivity contribution is 5.89. The van der Waals surface area contributed by atoms with Gasteiger partial charge in [0.1, 0.15) is 34.9 Å². The number of rotatable bonds is 3. The zero-order valence-corrected chi connectivity index (χ0v) is 24.6. The molecular formula is C30H34O15. The van der Waals surface area contributed by atoms with Crippen LogP contribution in [0.2, 0.25) is 0 Å². The van der Waals surface area contributed by atoms with Gasteiger partial charge in [0.25, 0.3) is 23.9 Å². The average Bonchev–Trinajstić information content (AvgIpc) is 2.88. The number of esters is 1. The Kier molecular flexibility index (Phi) is 16.7. The lowest BCUT2D eigenvalue weighted by molar-refractivity contribution is -0.135. The fourth-order valence-corrected chi connectivity index (χ4v) is 3.30. The lowest BCUT2D eigenvalue weighted by Gasteiger charge is -2.34. The van der Waals surface area contributed by atoms with E-state index in [9.17, 15) is 25.2 Å². The Morgan fingerprint density at radius 1 is 0.644 bits per heavy atom. The number of aliphatic carboxylic acids is 4. The first-order valence-corrected chi connectivity index (χ1v) is 12.6. The summed E-state index contributed by atoms with van der Waals surface area (Å²) in [6.45, 7) is 4.33. The second kappa shape index (κ2) is 19.2. The highest BCUT2D eigenvalue weighted by atomic mass is 16.6. The van der Waals surface area contributed by atoms with Crippen molar-refractivity contribution in [1.82, 2.24) is 0 Å². The summed E-state index contributed by atoms with van der Waals surface area (Å²) in [6.07, 6.45) is -1.33. The lowest BCUT2D eigenvalue weighted by Crippen LogP contribution is -2.34. The van der Waals surface area contributed by atoms with Gasteiger partial charge >= 0.3 is 5.97 Å². The number of carbonyl (C=O) groups is 5. The Morgan fingerprint density at radius 3 is 1.47 bits per heavy atom. The third kappa shape index (κ3) is 16.9. The van der Waals surface area contributed by atoms with Gasteiger partial charge in [-0.3, -0.25) is 19.2 Å². The minimum absolute atomic E-state index is 0.0307. The van der Waals surface area contributed by atoms with Gasteiger partial charge in [0.2, 0.25) is 0 Å². The molecule has 1 aliphatic heterocycles. The highest BCUT2D eigenvalue weighted by Gasteiger charge is 2.36. The molecule has 0 unspecified atom stereocenters. The fourth-order valence-electron chi connectivity index (χ4n) is 3.30. The molecule has 0 saturated heterocycles. The molecular weight excluding hydrogens is 600 g/mol. The van der Waals surface area contributed by atoms with Crippen LogP contribution in [0.4, 0.5) is 0 Å². The molecule has 0 bridgehead atoms. The molecule has 0 aliphatic carbocycles. The molecule has 45 heavy (non-hydrogen) atoms. The third-order valence-electron chi connectivity index (χ3n) is 4.75. The fraction of sp³-hybridized carbons (Fsp3) is 0.233. The molecule has 244 valence electrons. The largest absolute Gasteiger partial charge is 0.508 e. The maximum absolute atomic E-state index is 12.6. The SMILES string of the molecule is CC(=O)O.CC(=O)O.CC(=O)O.CC(=O)O.O=C(O[C@H]1Cc2c(O)cc(O)cc2O[C@@H]1c1ccc(O)cc1)c1ccc(O)cc1. The van der Waals surface area contributed by atoms with Crippen molar-refractivity contribution in [3.05, 3.63) is 77.4 Å². The summed E-state index contributed by atoms with van der Waals surface area (Å²) in [4.78, 5) is 48.6. The molecule has 3 aromatic rings. The number of benzene rings is 3. The van der Waals surface area contributed by atoms with Gasteiger partial charge in [-0.2, -0.15) is 0 Å². The number of hydrogen-bond donors (Lipinski definition) is 8. The number of carbonyl (C=O) groups excluding carboxylic acids is 1. The molecule has 0 saturated carbocycles. The Hall–Kier alpha value is -5.99. The molecule has 15 heteroatoms. The normalized spacial score (nSPS) is 13.7. The minimum Gasteiger partial charge on any atom is -0.508 e. The van der Waals surface area contributed by atoms with E-state index < -0.39 is 42.1 Å². The van der Waals surface area contributed by atoms with E-state index in [1.54, 1.807) is 12.1 Å². The van der Waals surface area contributed by atoms with Crippen LogP contribution in [0.25, 0.3) is 0 Å². The Labute approximate surface area is 256 Å². The number of ether oxygens (including phenoxy) is 2. The van der Waals surface area contributed by atoms with Crippen molar-refractivity contribution in [2.75, 3.05) is 0 Å². The van der Waals surface area contributed by atoms with Crippen LogP contribution in [0, 0.1) is 0 Å². The van der Waals surface area contributed by atoms with Crippen molar-refractivity contribution in [2.45, 2.75) is 46.3 Å². The molecule has 8 N–H and O–H groups in total. The van der Waals surface area contributed by atoms with E-state index in [2.05, 4.69) is 0 Å². The summed E-state index contributed by atoms with van der Waals surface area (Å²) in [5, 5.41) is 68.6. The Morgan fingerprint density at radius 2 is 1.04 bits per heavy atom. The van der Waals surface area contributed by atoms with Crippen LogP contribution in [0.3, 0.4) is 0 Å². The second-order valence-corrected chi connectivity index (χ2v) is 8.84. The van der Waals surface area contributed by atoms with E-state index in [0.29, 0.717) is 11.1 Å². The van der Waals surface area contributed by atoms with Crippen molar-refractivity contribution in [1.29, 1.82) is 0 Å². The quantitative estimate of drug-likeness (QED) is 0.191. The number of hydrogen-bond acceptors (Lipinski definition) is 11. The summed E-state index contributed by atoms with van der Waals surface area (Å²) >= 11 is 0. The van der Waals surface area contributed by atoms with Crippen LogP contribution < -0.4 is 4.74 Å². The zero-order chi connectivity index (χ0) is 34.9. The van der Waals surface area contributed by atoms with Crippen LogP contribution >= 0.6 is 0 Å². The smallest absolute Gasteiger partial charge is 0.338 e. The molecule has 0 spiro atoms. The number of carboxylic acids is 4. The van der Waals surface area contributed by atoms with Crippen LogP contribution in [-0.4, -0.2) is 76.8 Å². The van der Waals surface area contributed by atoms with Gasteiger partial charge < -0.3 is 50.3 Å². The molecule has 15 nitrogen and oxygen atoms in total. The van der Waals surface area contributed by atoms with Gasteiger partial charge in [-0.1, -0.05) is 12.1 Å². The molecule has 4 rings (SSSR count).